The SMILES string of the molecule is COc1ccc(S(=O)(=O)N2CCCCCC2)cc1C(=O)OC(C)C(=O)N1CCOCC1. The molecule has 0 radical (unpaired) electrons. The van der Waals surface area contributed by atoms with Crippen LogP contribution in [0.4, 0.5) is 0 Å². The third-order valence-electron chi connectivity index (χ3n) is 5.55. The summed E-state index contributed by atoms with van der Waals surface area (Å²) >= 11 is 0. The van der Waals surface area contributed by atoms with Crippen molar-refractivity contribution in [2.45, 2.75) is 43.6 Å². The topological polar surface area (TPSA) is 102 Å². The van der Waals surface area contributed by atoms with Crippen LogP contribution < -0.4 is 4.74 Å². The lowest BCUT2D eigenvalue weighted by Crippen LogP contribution is -2.46. The zero-order chi connectivity index (χ0) is 22.4. The van der Waals surface area contributed by atoms with Gasteiger partial charge in [-0.05, 0) is 38.0 Å². The van der Waals surface area contributed by atoms with E-state index in [2.05, 4.69) is 0 Å². The summed E-state index contributed by atoms with van der Waals surface area (Å²) < 4.78 is 43.5. The second-order valence-corrected chi connectivity index (χ2v) is 9.60. The molecule has 1 amide bonds. The molecule has 0 N–H and O–H groups in total. The molecule has 1 unspecified atom stereocenters. The fraction of sp³-hybridized carbons (Fsp3) is 0.619. The van der Waals surface area contributed by atoms with Crippen molar-refractivity contribution in [3.8, 4) is 5.75 Å². The lowest BCUT2D eigenvalue weighted by Gasteiger charge is -2.29. The summed E-state index contributed by atoms with van der Waals surface area (Å²) in [6.45, 7) is 4.17. The van der Waals surface area contributed by atoms with Crippen LogP contribution in [0.3, 0.4) is 0 Å². The van der Waals surface area contributed by atoms with Crippen molar-refractivity contribution in [3.63, 3.8) is 0 Å². The number of nitrogens with zero attached hydrogens (tertiary/aromatic N) is 2. The molecule has 31 heavy (non-hydrogen) atoms. The second kappa shape index (κ2) is 10.4. The molecule has 172 valence electrons. The van der Waals surface area contributed by atoms with E-state index in [0.717, 1.165) is 25.7 Å². The second-order valence-electron chi connectivity index (χ2n) is 7.67. The summed E-state index contributed by atoms with van der Waals surface area (Å²) in [4.78, 5) is 27.0. The summed E-state index contributed by atoms with van der Waals surface area (Å²) in [7, 11) is -2.36. The molecule has 2 fully saturated rings. The maximum absolute atomic E-state index is 13.1. The van der Waals surface area contributed by atoms with E-state index in [1.54, 1.807) is 4.90 Å². The predicted molar refractivity (Wildman–Crippen MR) is 112 cm³/mol. The normalized spacial score (nSPS) is 19.4. The lowest BCUT2D eigenvalue weighted by atomic mass is 10.2. The fourth-order valence-electron chi connectivity index (χ4n) is 3.75. The predicted octanol–water partition coefficient (Wildman–Crippen LogP) is 1.66. The third kappa shape index (κ3) is 5.55. The Kier molecular flexibility index (Phi) is 7.90. The van der Waals surface area contributed by atoms with Crippen molar-refractivity contribution in [1.29, 1.82) is 0 Å². The number of benzene rings is 1. The fourth-order valence-corrected chi connectivity index (χ4v) is 5.30. The van der Waals surface area contributed by atoms with E-state index in [0.29, 0.717) is 39.4 Å². The molecule has 9 nitrogen and oxygen atoms in total. The van der Waals surface area contributed by atoms with E-state index < -0.39 is 22.1 Å². The third-order valence-corrected chi connectivity index (χ3v) is 7.44. The number of hydrogen-bond acceptors (Lipinski definition) is 7. The zero-order valence-corrected chi connectivity index (χ0v) is 18.9. The number of rotatable bonds is 6. The molecule has 1 aromatic carbocycles. The molecule has 2 aliphatic rings. The van der Waals surface area contributed by atoms with Crippen molar-refractivity contribution in [3.05, 3.63) is 23.8 Å². The Morgan fingerprint density at radius 1 is 1.03 bits per heavy atom. The molecule has 0 aliphatic carbocycles. The van der Waals surface area contributed by atoms with Crippen LogP contribution in [-0.4, -0.2) is 82.1 Å². The highest BCUT2D eigenvalue weighted by atomic mass is 32.2. The smallest absolute Gasteiger partial charge is 0.342 e. The average Bonchev–Trinajstić information content (AvgIpc) is 3.09. The van der Waals surface area contributed by atoms with Crippen molar-refractivity contribution in [2.24, 2.45) is 0 Å². The Hall–Kier alpha value is -2.17. The molecule has 3 rings (SSSR count). The van der Waals surface area contributed by atoms with Crippen LogP contribution in [-0.2, 0) is 24.3 Å². The van der Waals surface area contributed by atoms with E-state index in [-0.39, 0.29) is 22.1 Å². The van der Waals surface area contributed by atoms with Gasteiger partial charge in [0.05, 0.1) is 25.2 Å². The molecule has 0 saturated carbocycles. The van der Waals surface area contributed by atoms with Gasteiger partial charge in [0.2, 0.25) is 10.0 Å². The Morgan fingerprint density at radius 3 is 2.29 bits per heavy atom. The van der Waals surface area contributed by atoms with Gasteiger partial charge in [-0.25, -0.2) is 13.2 Å². The molecule has 10 heteroatoms. The molecular weight excluding hydrogens is 424 g/mol. The molecule has 2 aliphatic heterocycles. The molecular formula is C21H30N2O7S. The minimum atomic E-state index is -3.75. The number of ether oxygens (including phenoxy) is 3. The van der Waals surface area contributed by atoms with Crippen LogP contribution >= 0.6 is 0 Å². The maximum atomic E-state index is 13.1. The molecule has 1 aromatic rings. The van der Waals surface area contributed by atoms with Gasteiger partial charge in [0.25, 0.3) is 5.91 Å². The van der Waals surface area contributed by atoms with Crippen LogP contribution in [0.1, 0.15) is 43.0 Å². The van der Waals surface area contributed by atoms with E-state index >= 15 is 0 Å². The van der Waals surface area contributed by atoms with Crippen molar-refractivity contribution < 1.29 is 32.2 Å². The molecule has 0 aromatic heterocycles. The number of hydrogen-bond donors (Lipinski definition) is 0. The Balaban J connectivity index is 1.79. The van der Waals surface area contributed by atoms with Crippen molar-refractivity contribution in [1.82, 2.24) is 9.21 Å². The highest BCUT2D eigenvalue weighted by molar-refractivity contribution is 7.89. The van der Waals surface area contributed by atoms with E-state index in [9.17, 15) is 18.0 Å². The van der Waals surface area contributed by atoms with Gasteiger partial charge < -0.3 is 19.1 Å². The standard InChI is InChI=1S/C21H30N2O7S/c1-16(20(24)22-11-13-29-14-12-22)30-21(25)18-15-17(7-8-19(18)28-2)31(26,27)23-9-5-3-4-6-10-23/h7-8,15-16H,3-6,9-14H2,1-2H3. The Morgan fingerprint density at radius 2 is 1.68 bits per heavy atom. The summed E-state index contributed by atoms with van der Waals surface area (Å²) in [5, 5.41) is 0. The van der Waals surface area contributed by atoms with E-state index in [1.807, 2.05) is 0 Å². The van der Waals surface area contributed by atoms with Gasteiger partial charge in [-0.15, -0.1) is 0 Å². The monoisotopic (exact) mass is 454 g/mol. The largest absolute Gasteiger partial charge is 0.496 e. The summed E-state index contributed by atoms with van der Waals surface area (Å²) in [5.41, 5.74) is -0.0278. The number of amides is 1. The minimum absolute atomic E-state index is 0.00862. The number of morpholine rings is 1. The first-order chi connectivity index (χ1) is 14.8. The highest BCUT2D eigenvalue weighted by Crippen LogP contribution is 2.27. The average molecular weight is 455 g/mol. The van der Waals surface area contributed by atoms with Gasteiger partial charge in [0.1, 0.15) is 11.3 Å². The van der Waals surface area contributed by atoms with Gasteiger partial charge in [-0.2, -0.15) is 4.31 Å². The molecule has 2 saturated heterocycles. The molecule has 0 bridgehead atoms. The first-order valence-electron chi connectivity index (χ1n) is 10.6. The van der Waals surface area contributed by atoms with Gasteiger partial charge in [0, 0.05) is 26.2 Å². The molecule has 2 heterocycles. The maximum Gasteiger partial charge on any atom is 0.342 e. The number of esters is 1. The van der Waals surface area contributed by atoms with Crippen molar-refractivity contribution >= 4 is 21.9 Å². The number of carbonyl (C=O) groups excluding carboxylic acids is 2. The van der Waals surface area contributed by atoms with Gasteiger partial charge in [0.15, 0.2) is 6.10 Å². The lowest BCUT2D eigenvalue weighted by molar-refractivity contribution is -0.143. The van der Waals surface area contributed by atoms with E-state index in [4.69, 9.17) is 14.2 Å². The van der Waals surface area contributed by atoms with Gasteiger partial charge in [-0.1, -0.05) is 12.8 Å². The summed E-state index contributed by atoms with van der Waals surface area (Å²) in [6, 6.07) is 4.14. The number of carbonyl (C=O) groups is 2. The van der Waals surface area contributed by atoms with E-state index in [1.165, 1.54) is 36.5 Å². The Bertz CT molecular complexity index is 889. The molecule has 0 spiro atoms. The van der Waals surface area contributed by atoms with Gasteiger partial charge >= 0.3 is 5.97 Å². The first-order valence-corrected chi connectivity index (χ1v) is 12.0. The molecule has 1 atom stereocenters. The zero-order valence-electron chi connectivity index (χ0n) is 18.0. The van der Waals surface area contributed by atoms with Crippen molar-refractivity contribution in [2.75, 3.05) is 46.5 Å². The van der Waals surface area contributed by atoms with Crippen LogP contribution in [0, 0.1) is 0 Å². The van der Waals surface area contributed by atoms with Crippen LogP contribution in [0.5, 0.6) is 5.75 Å². The van der Waals surface area contributed by atoms with Crippen LogP contribution in [0.15, 0.2) is 23.1 Å². The minimum Gasteiger partial charge on any atom is -0.496 e. The number of methoxy groups -OCH3 is 1. The first kappa shape index (κ1) is 23.5. The highest BCUT2D eigenvalue weighted by Gasteiger charge is 2.30. The summed E-state index contributed by atoms with van der Waals surface area (Å²) in [5.74, 6) is -0.936. The van der Waals surface area contributed by atoms with Gasteiger partial charge in [-0.3, -0.25) is 4.79 Å². The quantitative estimate of drug-likeness (QED) is 0.603. The van der Waals surface area contributed by atoms with Crippen LogP contribution in [0.2, 0.25) is 0 Å². The summed E-state index contributed by atoms with van der Waals surface area (Å²) in [6.07, 6.45) is 2.61. The Labute approximate surface area is 183 Å². The number of sulfonamides is 1. The van der Waals surface area contributed by atoms with Crippen LogP contribution in [0.25, 0.3) is 0 Å².